The summed E-state index contributed by atoms with van der Waals surface area (Å²) in [6.07, 6.45) is 2.75. The first kappa shape index (κ1) is 68.8. The molecule has 12 rings (SSSR count). The fraction of sp³-hybridized carbons (Fsp3) is 0.273. The van der Waals surface area contributed by atoms with Gasteiger partial charge in [-0.3, -0.25) is 28.8 Å². The molecule has 0 radical (unpaired) electrons. The van der Waals surface area contributed by atoms with Crippen molar-refractivity contribution in [1.29, 1.82) is 0 Å². The highest BCUT2D eigenvalue weighted by Gasteiger charge is 2.27. The van der Waals surface area contributed by atoms with Crippen molar-refractivity contribution in [3.05, 3.63) is 189 Å². The zero-order chi connectivity index (χ0) is 67.7. The van der Waals surface area contributed by atoms with Gasteiger partial charge in [0.25, 0.3) is 20.0 Å². The van der Waals surface area contributed by atoms with Gasteiger partial charge in [-0.15, -0.1) is 0 Å². The Morgan fingerprint density at radius 1 is 0.542 bits per heavy atom. The van der Waals surface area contributed by atoms with Crippen LogP contribution in [0.3, 0.4) is 0 Å². The summed E-state index contributed by atoms with van der Waals surface area (Å²) in [5.41, 5.74) is 3.63. The Bertz CT molecular complexity index is 4370. The zero-order valence-electron chi connectivity index (χ0n) is 51.7. The molecule has 0 bridgehead atoms. The third-order valence-electron chi connectivity index (χ3n) is 15.8. The number of ether oxygens (including phenoxy) is 6. The van der Waals surface area contributed by atoms with Gasteiger partial charge in [0.1, 0.15) is 0 Å². The van der Waals surface area contributed by atoms with Crippen LogP contribution in [0.1, 0.15) is 31.4 Å². The summed E-state index contributed by atoms with van der Waals surface area (Å²) >= 11 is 23.6. The number of benzene rings is 6. The van der Waals surface area contributed by atoms with Crippen LogP contribution >= 0.6 is 46.4 Å². The average Bonchev–Trinajstić information content (AvgIpc) is 1.07. The lowest BCUT2D eigenvalue weighted by Gasteiger charge is -2.36. The van der Waals surface area contributed by atoms with E-state index in [1.807, 2.05) is 60.0 Å². The van der Waals surface area contributed by atoms with Gasteiger partial charge in [0.05, 0.1) is 60.2 Å². The standard InChI is InChI=1S/2C33H32Cl2FN5O6S/c1-21(14-33(42)41-12-10-40(11-13-41)19-22-2-7-30-31(15-22)46-20-45-30)38-23-3-8-29(28(36)16-23)47-32-9-4-24(18-37-32)39-48(43,44)25-5-6-26(34)27(35)17-25;1-2-40(20-33(42)41-13-11-39(12-14-41)19-22-3-8-30-31(15-22)46-21-45-30)24-5-9-29(28(36)16-24)47-32-10-4-23(18-37-32)38-48(43,44)25-6-7-26(34)27(35)17-25/h2-9,15-18,21,38-39H,10-14,19-20H2,1H3;3-10,15-18,38H,2,11-14,19-21H2,1H3. The van der Waals surface area contributed by atoms with E-state index in [1.54, 1.807) is 17.0 Å². The highest BCUT2D eigenvalue weighted by molar-refractivity contribution is 7.93. The van der Waals surface area contributed by atoms with E-state index < -0.39 is 31.7 Å². The number of carbonyl (C=O) groups excluding carboxylic acids is 2. The van der Waals surface area contributed by atoms with Crippen molar-refractivity contribution in [2.24, 2.45) is 0 Å². The van der Waals surface area contributed by atoms with Crippen LogP contribution in [0.2, 0.25) is 20.1 Å². The number of halogens is 6. The zero-order valence-corrected chi connectivity index (χ0v) is 56.3. The molecule has 3 N–H and O–H groups in total. The average molecular weight is 1430 g/mol. The number of nitrogens with one attached hydrogen (secondary N) is 3. The molecule has 6 heterocycles. The molecule has 2 aromatic heterocycles. The van der Waals surface area contributed by atoms with Crippen LogP contribution in [0.15, 0.2) is 156 Å². The van der Waals surface area contributed by atoms with Crippen LogP contribution in [-0.2, 0) is 42.7 Å². The number of aromatic nitrogens is 2. The maximum Gasteiger partial charge on any atom is 0.261 e. The number of nitrogens with zero attached hydrogens (tertiary/aromatic N) is 7. The van der Waals surface area contributed by atoms with Gasteiger partial charge in [-0.2, -0.15) is 0 Å². The van der Waals surface area contributed by atoms with Crippen molar-refractivity contribution in [2.75, 3.05) is 98.7 Å². The Labute approximate surface area is 573 Å². The van der Waals surface area contributed by atoms with E-state index in [0.717, 1.165) is 73.4 Å². The van der Waals surface area contributed by atoms with E-state index >= 15 is 4.39 Å². The van der Waals surface area contributed by atoms with Gasteiger partial charge in [-0.05, 0) is 122 Å². The van der Waals surface area contributed by atoms with Crippen molar-refractivity contribution < 1.29 is 63.6 Å². The molecular formula is C66H64Cl4F2N10O12S2. The van der Waals surface area contributed by atoms with E-state index in [4.69, 9.17) is 74.8 Å². The van der Waals surface area contributed by atoms with E-state index in [2.05, 4.69) is 34.5 Å². The van der Waals surface area contributed by atoms with Crippen molar-refractivity contribution in [1.82, 2.24) is 29.6 Å². The number of fused-ring (bicyclic) bond motifs is 2. The topological polar surface area (TPSA) is 236 Å². The Balaban J connectivity index is 0.000000195. The summed E-state index contributed by atoms with van der Waals surface area (Å²) in [6.45, 7) is 11.9. The van der Waals surface area contributed by atoms with Crippen LogP contribution in [0.5, 0.6) is 46.3 Å². The number of likely N-dealkylation sites (N-methyl/N-ethyl adjacent to an activating group) is 1. The molecule has 6 aromatic carbocycles. The normalized spacial score (nSPS) is 14.9. The predicted molar refractivity (Wildman–Crippen MR) is 360 cm³/mol. The van der Waals surface area contributed by atoms with E-state index in [0.29, 0.717) is 44.1 Å². The van der Waals surface area contributed by atoms with Crippen LogP contribution in [-0.4, -0.2) is 143 Å². The van der Waals surface area contributed by atoms with Gasteiger partial charge in [0.15, 0.2) is 46.1 Å². The Kier molecular flexibility index (Phi) is 22.0. The first-order valence-corrected chi connectivity index (χ1v) is 34.7. The fourth-order valence-corrected chi connectivity index (χ4v) is 13.5. The largest absolute Gasteiger partial charge is 0.454 e. The maximum atomic E-state index is 15.2. The minimum absolute atomic E-state index is 0.0283. The molecule has 30 heteroatoms. The molecule has 504 valence electrons. The number of pyridine rings is 2. The molecule has 1 unspecified atom stereocenters. The second-order valence-corrected chi connectivity index (χ2v) is 27.5. The van der Waals surface area contributed by atoms with E-state index in [-0.39, 0.29) is 109 Å². The predicted octanol–water partition coefficient (Wildman–Crippen LogP) is 12.4. The first-order valence-electron chi connectivity index (χ1n) is 30.2. The molecule has 96 heavy (non-hydrogen) atoms. The Hall–Kier alpha value is -8.60. The third-order valence-corrected chi connectivity index (χ3v) is 20.0. The lowest BCUT2D eigenvalue weighted by atomic mass is 10.1. The second kappa shape index (κ2) is 30.6. The lowest BCUT2D eigenvalue weighted by Crippen LogP contribution is -2.51. The van der Waals surface area contributed by atoms with Crippen LogP contribution < -0.4 is 48.1 Å². The smallest absolute Gasteiger partial charge is 0.261 e. The van der Waals surface area contributed by atoms with Crippen molar-refractivity contribution >= 4 is 101 Å². The summed E-state index contributed by atoms with van der Waals surface area (Å²) in [5, 5.41) is 3.85. The van der Waals surface area contributed by atoms with Crippen LogP contribution in [0.4, 0.5) is 31.5 Å². The number of amides is 2. The summed E-state index contributed by atoms with van der Waals surface area (Å²) < 4.78 is 119. The Morgan fingerprint density at radius 3 is 1.45 bits per heavy atom. The fourth-order valence-electron chi connectivity index (χ4n) is 10.7. The first-order chi connectivity index (χ1) is 46.1. The van der Waals surface area contributed by atoms with Crippen molar-refractivity contribution in [3.63, 3.8) is 0 Å². The molecule has 2 saturated heterocycles. The number of anilines is 4. The second-order valence-electron chi connectivity index (χ2n) is 22.5. The monoisotopic (exact) mass is 1430 g/mol. The summed E-state index contributed by atoms with van der Waals surface area (Å²) in [6, 6.07) is 34.1. The number of rotatable bonds is 22. The number of hydrogen-bond acceptors (Lipinski definition) is 18. The number of piperazine rings is 2. The molecule has 4 aliphatic rings. The molecule has 0 spiro atoms. The maximum absolute atomic E-state index is 15.2. The summed E-state index contributed by atoms with van der Waals surface area (Å²) in [7, 11) is -7.90. The number of sulfonamides is 2. The van der Waals surface area contributed by atoms with Gasteiger partial charge < -0.3 is 48.4 Å². The summed E-state index contributed by atoms with van der Waals surface area (Å²) in [4.78, 5) is 44.4. The van der Waals surface area contributed by atoms with Gasteiger partial charge in [-0.25, -0.2) is 35.6 Å². The van der Waals surface area contributed by atoms with Crippen molar-refractivity contribution in [3.8, 4) is 46.3 Å². The molecule has 22 nitrogen and oxygen atoms in total. The molecule has 2 fully saturated rings. The molecule has 8 aromatic rings. The highest BCUT2D eigenvalue weighted by atomic mass is 35.5. The van der Waals surface area contributed by atoms with Gasteiger partial charge in [0, 0.05) is 120 Å². The molecule has 0 aliphatic carbocycles. The molecule has 4 aliphatic heterocycles. The van der Waals surface area contributed by atoms with E-state index in [9.17, 15) is 30.8 Å². The lowest BCUT2D eigenvalue weighted by molar-refractivity contribution is -0.133. The highest BCUT2D eigenvalue weighted by Crippen LogP contribution is 2.36. The minimum atomic E-state index is -3.95. The molecule has 2 amide bonds. The third kappa shape index (κ3) is 17.7. The van der Waals surface area contributed by atoms with Gasteiger partial charge in [0.2, 0.25) is 37.2 Å². The van der Waals surface area contributed by atoms with E-state index in [1.165, 1.54) is 97.3 Å². The minimum Gasteiger partial charge on any atom is -0.454 e. The number of hydrogen-bond donors (Lipinski definition) is 3. The van der Waals surface area contributed by atoms with Gasteiger partial charge in [-0.1, -0.05) is 58.5 Å². The quantitative estimate of drug-likeness (QED) is 0.0572. The number of carbonyl (C=O) groups is 2. The van der Waals surface area contributed by atoms with Crippen LogP contribution in [0.25, 0.3) is 0 Å². The SMILES string of the molecule is CC(CC(=O)N1CCN(Cc2ccc3c(c2)OCO3)CC1)Nc1ccc(Oc2ccc(NS(=O)(=O)c3ccc(Cl)c(Cl)c3)cn2)c(F)c1.CCN(CC(=O)N1CCN(Cc2ccc3c(c2)OCO3)CC1)c1ccc(Oc2ccc(NS(=O)(=O)c3ccc(Cl)c(Cl)c3)cn2)c(F)c1. The molecular weight excluding hydrogens is 1370 g/mol. The van der Waals surface area contributed by atoms with Gasteiger partial charge >= 0.3 is 0 Å². The van der Waals surface area contributed by atoms with Crippen molar-refractivity contribution in [2.45, 2.75) is 49.2 Å². The Morgan fingerprint density at radius 2 is 1.00 bits per heavy atom. The van der Waals surface area contributed by atoms with Crippen LogP contribution in [0, 0.1) is 11.6 Å². The molecule has 1 atom stereocenters. The summed E-state index contributed by atoms with van der Waals surface area (Å²) in [5.74, 6) is 1.74. The molecule has 0 saturated carbocycles.